The normalized spacial score (nSPS) is 14.3. The average Bonchev–Trinajstić information content (AvgIpc) is 2.77. The van der Waals surface area contributed by atoms with Gasteiger partial charge in [-0.15, -0.1) is 0 Å². The van der Waals surface area contributed by atoms with Crippen LogP contribution in [-0.4, -0.2) is 44.7 Å². The van der Waals surface area contributed by atoms with Crippen LogP contribution in [0.4, 0.5) is 23.0 Å². The molecule has 0 spiro atoms. The van der Waals surface area contributed by atoms with Crippen molar-refractivity contribution in [2.24, 2.45) is 0 Å². The quantitative estimate of drug-likeness (QED) is 0.555. The molecule has 0 saturated carbocycles. The van der Waals surface area contributed by atoms with Gasteiger partial charge in [-0.25, -0.2) is 18.4 Å². The third kappa shape index (κ3) is 5.29. The lowest BCUT2D eigenvalue weighted by Gasteiger charge is -2.28. The van der Waals surface area contributed by atoms with Gasteiger partial charge in [-0.05, 0) is 55.8 Å². The van der Waals surface area contributed by atoms with E-state index >= 15 is 0 Å². The average molecular weight is 474 g/mol. The van der Waals surface area contributed by atoms with Gasteiger partial charge in [0.15, 0.2) is 0 Å². The molecule has 0 amide bonds. The number of aryl methyl sites for hydroxylation is 2. The zero-order chi connectivity index (χ0) is 22.7. The standard InChI is InChI=1S/C22H24ClN5O3S/c1-15-3-4-17(23)13-20(15)32(29,30)27-19-7-5-18(6-8-19)26-21-14-22(25-16(2)24-21)28-9-11-31-12-10-28/h3-8,13-14,27H,9-12H2,1-2H3,(H,24,25,26). The lowest BCUT2D eigenvalue weighted by Crippen LogP contribution is -2.36. The molecule has 0 atom stereocenters. The second-order valence-electron chi connectivity index (χ2n) is 7.48. The molecule has 1 aromatic heterocycles. The van der Waals surface area contributed by atoms with Crippen LogP contribution >= 0.6 is 11.6 Å². The van der Waals surface area contributed by atoms with Gasteiger partial charge in [0.1, 0.15) is 17.5 Å². The Morgan fingerprint density at radius 1 is 0.969 bits per heavy atom. The summed E-state index contributed by atoms with van der Waals surface area (Å²) in [4.78, 5) is 11.3. The number of nitrogens with zero attached hydrogens (tertiary/aromatic N) is 3. The maximum Gasteiger partial charge on any atom is 0.262 e. The van der Waals surface area contributed by atoms with E-state index in [0.717, 1.165) is 24.6 Å². The summed E-state index contributed by atoms with van der Waals surface area (Å²) < 4.78 is 33.5. The van der Waals surface area contributed by atoms with Crippen LogP contribution in [-0.2, 0) is 14.8 Å². The number of hydrogen-bond donors (Lipinski definition) is 2. The monoisotopic (exact) mass is 473 g/mol. The number of sulfonamides is 1. The van der Waals surface area contributed by atoms with Crippen LogP contribution in [0, 0.1) is 13.8 Å². The van der Waals surface area contributed by atoms with Gasteiger partial charge in [0.05, 0.1) is 18.1 Å². The fourth-order valence-electron chi connectivity index (χ4n) is 3.41. The number of hydrogen-bond acceptors (Lipinski definition) is 7. The van der Waals surface area contributed by atoms with Crippen molar-refractivity contribution in [3.8, 4) is 0 Å². The van der Waals surface area contributed by atoms with Gasteiger partial charge in [-0.3, -0.25) is 4.72 Å². The SMILES string of the molecule is Cc1nc(Nc2ccc(NS(=O)(=O)c3cc(Cl)ccc3C)cc2)cc(N2CCOCC2)n1. The van der Waals surface area contributed by atoms with E-state index in [1.165, 1.54) is 6.07 Å². The predicted octanol–water partition coefficient (Wildman–Crippen LogP) is 4.13. The van der Waals surface area contributed by atoms with Crippen LogP contribution in [0.5, 0.6) is 0 Å². The van der Waals surface area contributed by atoms with Gasteiger partial charge in [0, 0.05) is 35.6 Å². The Kier molecular flexibility index (Phi) is 6.50. The Labute approximate surface area is 192 Å². The predicted molar refractivity (Wildman–Crippen MR) is 127 cm³/mol. The van der Waals surface area contributed by atoms with E-state index < -0.39 is 10.0 Å². The number of halogens is 1. The number of nitrogens with one attached hydrogen (secondary N) is 2. The largest absolute Gasteiger partial charge is 0.378 e. The van der Waals surface area contributed by atoms with Crippen molar-refractivity contribution >= 4 is 44.6 Å². The summed E-state index contributed by atoms with van der Waals surface area (Å²) in [5.41, 5.74) is 1.84. The summed E-state index contributed by atoms with van der Waals surface area (Å²) in [6, 6.07) is 13.6. The lowest BCUT2D eigenvalue weighted by molar-refractivity contribution is 0.122. The Morgan fingerprint density at radius 2 is 1.66 bits per heavy atom. The topological polar surface area (TPSA) is 96.5 Å². The molecule has 0 aliphatic carbocycles. The molecule has 2 N–H and O–H groups in total. The van der Waals surface area contributed by atoms with Crippen molar-refractivity contribution in [1.29, 1.82) is 0 Å². The molecule has 1 aliphatic heterocycles. The first-order chi connectivity index (χ1) is 15.3. The summed E-state index contributed by atoms with van der Waals surface area (Å²) >= 11 is 5.98. The van der Waals surface area contributed by atoms with E-state index in [4.69, 9.17) is 16.3 Å². The highest BCUT2D eigenvalue weighted by Crippen LogP contribution is 2.25. The number of morpholine rings is 1. The Bertz CT molecular complexity index is 1210. The highest BCUT2D eigenvalue weighted by Gasteiger charge is 2.18. The van der Waals surface area contributed by atoms with Crippen molar-refractivity contribution < 1.29 is 13.2 Å². The van der Waals surface area contributed by atoms with Crippen LogP contribution in [0.3, 0.4) is 0 Å². The summed E-state index contributed by atoms with van der Waals surface area (Å²) in [7, 11) is -3.75. The van der Waals surface area contributed by atoms with Crippen LogP contribution in [0.25, 0.3) is 0 Å². The molecule has 168 valence electrons. The molecule has 0 unspecified atom stereocenters. The first-order valence-electron chi connectivity index (χ1n) is 10.1. The molecule has 4 rings (SSSR count). The van der Waals surface area contributed by atoms with E-state index in [0.29, 0.717) is 41.1 Å². The maximum atomic E-state index is 12.8. The van der Waals surface area contributed by atoms with E-state index in [1.54, 1.807) is 43.3 Å². The minimum absolute atomic E-state index is 0.152. The Balaban J connectivity index is 1.48. The van der Waals surface area contributed by atoms with E-state index in [-0.39, 0.29) is 4.90 Å². The van der Waals surface area contributed by atoms with Gasteiger partial charge in [-0.2, -0.15) is 0 Å². The summed E-state index contributed by atoms with van der Waals surface area (Å²) in [5, 5.41) is 3.63. The first-order valence-corrected chi connectivity index (χ1v) is 12.0. The van der Waals surface area contributed by atoms with Crippen molar-refractivity contribution in [3.63, 3.8) is 0 Å². The Hall–Kier alpha value is -2.88. The molecular weight excluding hydrogens is 450 g/mol. The number of aromatic nitrogens is 2. The fraction of sp³-hybridized carbons (Fsp3) is 0.273. The van der Waals surface area contributed by atoms with Gasteiger partial charge in [0.2, 0.25) is 0 Å². The van der Waals surface area contributed by atoms with Crippen LogP contribution in [0.1, 0.15) is 11.4 Å². The molecular formula is C22H24ClN5O3S. The number of rotatable bonds is 6. The Morgan fingerprint density at radius 3 is 2.38 bits per heavy atom. The molecule has 0 radical (unpaired) electrons. The molecule has 3 aromatic rings. The number of ether oxygens (including phenoxy) is 1. The van der Waals surface area contributed by atoms with E-state index in [9.17, 15) is 8.42 Å². The molecule has 10 heteroatoms. The van der Waals surface area contributed by atoms with Crippen LogP contribution in [0.2, 0.25) is 5.02 Å². The smallest absolute Gasteiger partial charge is 0.262 e. The molecule has 32 heavy (non-hydrogen) atoms. The molecule has 2 aromatic carbocycles. The minimum Gasteiger partial charge on any atom is -0.378 e. The van der Waals surface area contributed by atoms with Gasteiger partial charge < -0.3 is 15.0 Å². The second-order valence-corrected chi connectivity index (χ2v) is 9.56. The number of benzene rings is 2. The third-order valence-electron chi connectivity index (χ3n) is 5.01. The molecule has 8 nitrogen and oxygen atoms in total. The highest BCUT2D eigenvalue weighted by atomic mass is 35.5. The minimum atomic E-state index is -3.75. The molecule has 1 saturated heterocycles. The summed E-state index contributed by atoms with van der Waals surface area (Å²) in [5.74, 6) is 2.18. The van der Waals surface area contributed by atoms with Crippen molar-refractivity contribution in [1.82, 2.24) is 9.97 Å². The third-order valence-corrected chi connectivity index (χ3v) is 6.77. The van der Waals surface area contributed by atoms with Gasteiger partial charge in [-0.1, -0.05) is 17.7 Å². The van der Waals surface area contributed by atoms with Crippen molar-refractivity contribution in [2.75, 3.05) is 41.2 Å². The van der Waals surface area contributed by atoms with Gasteiger partial charge in [0.25, 0.3) is 10.0 Å². The van der Waals surface area contributed by atoms with Crippen LogP contribution in [0.15, 0.2) is 53.4 Å². The lowest BCUT2D eigenvalue weighted by atomic mass is 10.2. The number of anilines is 4. The molecule has 2 heterocycles. The zero-order valence-electron chi connectivity index (χ0n) is 17.8. The van der Waals surface area contributed by atoms with Crippen LogP contribution < -0.4 is 14.9 Å². The van der Waals surface area contributed by atoms with E-state index in [1.807, 2.05) is 13.0 Å². The second kappa shape index (κ2) is 9.32. The van der Waals surface area contributed by atoms with Crippen molar-refractivity contribution in [3.05, 3.63) is 64.9 Å². The molecule has 1 aliphatic rings. The zero-order valence-corrected chi connectivity index (χ0v) is 19.4. The highest BCUT2D eigenvalue weighted by molar-refractivity contribution is 7.92. The van der Waals surface area contributed by atoms with E-state index in [2.05, 4.69) is 24.9 Å². The van der Waals surface area contributed by atoms with Crippen molar-refractivity contribution in [2.45, 2.75) is 18.7 Å². The molecule has 0 bridgehead atoms. The first kappa shape index (κ1) is 22.3. The summed E-state index contributed by atoms with van der Waals surface area (Å²) in [6.45, 7) is 6.51. The molecule has 1 fully saturated rings. The fourth-order valence-corrected chi connectivity index (χ4v) is 4.98. The van der Waals surface area contributed by atoms with Gasteiger partial charge >= 0.3 is 0 Å². The maximum absolute atomic E-state index is 12.8. The summed E-state index contributed by atoms with van der Waals surface area (Å²) in [6.07, 6.45) is 0.